The minimum absolute atomic E-state index is 0.146. The van der Waals surface area contributed by atoms with E-state index in [1.807, 2.05) is 76.2 Å². The molecule has 0 spiro atoms. The lowest BCUT2D eigenvalue weighted by Crippen LogP contribution is -2.49. The fraction of sp³-hybridized carbons (Fsp3) is 0.500. The number of nitrogens with zero attached hydrogens (tertiary/aromatic N) is 2. The predicted molar refractivity (Wildman–Crippen MR) is 147 cm³/mol. The summed E-state index contributed by atoms with van der Waals surface area (Å²) in [4.78, 5) is 27.7. The van der Waals surface area contributed by atoms with Crippen LogP contribution in [-0.4, -0.2) is 57.1 Å². The summed E-state index contributed by atoms with van der Waals surface area (Å²) in [6, 6.07) is 14.9. The standard InChI is InChI=1S/C28H41N3O4S/c1-21(2)20-29-28(33)24(5)30(18-16-25-11-8-7-9-12-25)27(32)13-10-17-31(36(6,34)35)26-19-22(3)14-15-23(26)4/h7-9,11-12,14-15,19,21,24H,10,13,16-18,20H2,1-6H3,(H,29,33). The van der Waals surface area contributed by atoms with Crippen LogP contribution in [0.25, 0.3) is 0 Å². The van der Waals surface area contributed by atoms with Gasteiger partial charge in [0.15, 0.2) is 0 Å². The summed E-state index contributed by atoms with van der Waals surface area (Å²) < 4.78 is 26.5. The number of benzene rings is 2. The summed E-state index contributed by atoms with van der Waals surface area (Å²) in [5.41, 5.74) is 3.54. The number of hydrogen-bond donors (Lipinski definition) is 1. The molecule has 198 valence electrons. The first-order valence-corrected chi connectivity index (χ1v) is 14.4. The van der Waals surface area contributed by atoms with Gasteiger partial charge in [-0.1, -0.05) is 56.3 Å². The molecule has 2 aromatic rings. The number of nitrogens with one attached hydrogen (secondary N) is 1. The Bertz CT molecular complexity index is 1120. The number of amides is 2. The minimum atomic E-state index is -3.52. The van der Waals surface area contributed by atoms with Crippen LogP contribution < -0.4 is 9.62 Å². The van der Waals surface area contributed by atoms with Gasteiger partial charge in [0, 0.05) is 26.1 Å². The van der Waals surface area contributed by atoms with Gasteiger partial charge < -0.3 is 10.2 Å². The van der Waals surface area contributed by atoms with Crippen molar-refractivity contribution in [2.45, 2.75) is 59.9 Å². The second kappa shape index (κ2) is 13.4. The first kappa shape index (κ1) is 29.4. The third-order valence-corrected chi connectivity index (χ3v) is 7.30. The molecule has 0 saturated heterocycles. The third kappa shape index (κ3) is 8.97. The molecular weight excluding hydrogens is 474 g/mol. The van der Waals surface area contributed by atoms with Gasteiger partial charge in [-0.2, -0.15) is 0 Å². The van der Waals surface area contributed by atoms with Crippen molar-refractivity contribution in [3.63, 3.8) is 0 Å². The average molecular weight is 516 g/mol. The highest BCUT2D eigenvalue weighted by molar-refractivity contribution is 7.92. The Balaban J connectivity index is 2.13. The molecular formula is C28H41N3O4S. The third-order valence-electron chi connectivity index (χ3n) is 6.12. The maximum Gasteiger partial charge on any atom is 0.242 e. The molecule has 0 aromatic heterocycles. The summed E-state index contributed by atoms with van der Waals surface area (Å²) >= 11 is 0. The van der Waals surface area contributed by atoms with Crippen LogP contribution in [0, 0.1) is 19.8 Å². The summed E-state index contributed by atoms with van der Waals surface area (Å²) in [6.07, 6.45) is 2.31. The number of anilines is 1. The number of carbonyl (C=O) groups is 2. The summed E-state index contributed by atoms with van der Waals surface area (Å²) in [5, 5.41) is 2.92. The van der Waals surface area contributed by atoms with Gasteiger partial charge in [-0.15, -0.1) is 0 Å². The van der Waals surface area contributed by atoms with Crippen LogP contribution >= 0.6 is 0 Å². The van der Waals surface area contributed by atoms with Gasteiger partial charge in [0.25, 0.3) is 0 Å². The Kier molecular flexibility index (Phi) is 11.0. The van der Waals surface area contributed by atoms with Crippen LogP contribution in [0.1, 0.15) is 50.3 Å². The Morgan fingerprint density at radius 2 is 1.64 bits per heavy atom. The molecule has 0 saturated carbocycles. The highest BCUT2D eigenvalue weighted by Gasteiger charge is 2.26. The van der Waals surface area contributed by atoms with Gasteiger partial charge in [-0.25, -0.2) is 8.42 Å². The van der Waals surface area contributed by atoms with E-state index in [2.05, 4.69) is 5.32 Å². The van der Waals surface area contributed by atoms with E-state index in [0.29, 0.717) is 37.5 Å². The maximum atomic E-state index is 13.3. The summed E-state index contributed by atoms with van der Waals surface area (Å²) in [7, 11) is -3.52. The largest absolute Gasteiger partial charge is 0.354 e. The van der Waals surface area contributed by atoms with Crippen LogP contribution in [0.15, 0.2) is 48.5 Å². The molecule has 0 aliphatic heterocycles. The average Bonchev–Trinajstić information content (AvgIpc) is 2.81. The molecule has 1 N–H and O–H groups in total. The highest BCUT2D eigenvalue weighted by Crippen LogP contribution is 2.24. The van der Waals surface area contributed by atoms with E-state index in [9.17, 15) is 18.0 Å². The Hall–Kier alpha value is -2.87. The van der Waals surface area contributed by atoms with E-state index in [-0.39, 0.29) is 24.8 Å². The van der Waals surface area contributed by atoms with E-state index < -0.39 is 16.1 Å². The van der Waals surface area contributed by atoms with Gasteiger partial charge in [0.05, 0.1) is 11.9 Å². The zero-order valence-corrected chi connectivity index (χ0v) is 23.3. The normalized spacial score (nSPS) is 12.3. The van der Waals surface area contributed by atoms with E-state index in [1.165, 1.54) is 10.6 Å². The van der Waals surface area contributed by atoms with Crippen molar-refractivity contribution < 1.29 is 18.0 Å². The topological polar surface area (TPSA) is 86.8 Å². The van der Waals surface area contributed by atoms with Crippen LogP contribution in [0.5, 0.6) is 0 Å². The smallest absolute Gasteiger partial charge is 0.242 e. The van der Waals surface area contributed by atoms with Crippen molar-refractivity contribution in [2.75, 3.05) is 30.2 Å². The molecule has 7 nitrogen and oxygen atoms in total. The van der Waals surface area contributed by atoms with Gasteiger partial charge in [0.1, 0.15) is 6.04 Å². The molecule has 2 amide bonds. The molecule has 0 aliphatic carbocycles. The molecule has 8 heteroatoms. The fourth-order valence-electron chi connectivity index (χ4n) is 3.99. The second-order valence-corrected chi connectivity index (χ2v) is 11.8. The molecule has 1 unspecified atom stereocenters. The van der Waals surface area contributed by atoms with Crippen molar-refractivity contribution in [3.8, 4) is 0 Å². The molecule has 2 rings (SSSR count). The molecule has 0 bridgehead atoms. The van der Waals surface area contributed by atoms with Crippen molar-refractivity contribution in [3.05, 3.63) is 65.2 Å². The molecule has 1 atom stereocenters. The molecule has 0 aliphatic rings. The van der Waals surface area contributed by atoms with E-state index >= 15 is 0 Å². The fourth-order valence-corrected chi connectivity index (χ4v) is 5.01. The van der Waals surface area contributed by atoms with E-state index in [0.717, 1.165) is 16.7 Å². The monoisotopic (exact) mass is 515 g/mol. The second-order valence-electron chi connectivity index (χ2n) is 9.87. The Morgan fingerprint density at radius 1 is 0.972 bits per heavy atom. The van der Waals surface area contributed by atoms with Gasteiger partial charge in [0.2, 0.25) is 21.8 Å². The highest BCUT2D eigenvalue weighted by atomic mass is 32.2. The quantitative estimate of drug-likeness (QED) is 0.436. The van der Waals surface area contributed by atoms with Crippen molar-refractivity contribution >= 4 is 27.5 Å². The van der Waals surface area contributed by atoms with Gasteiger partial charge in [-0.05, 0) is 62.3 Å². The summed E-state index contributed by atoms with van der Waals surface area (Å²) in [5.74, 6) is -0.0347. The van der Waals surface area contributed by atoms with Crippen LogP contribution in [0.2, 0.25) is 0 Å². The molecule has 0 heterocycles. The van der Waals surface area contributed by atoms with Crippen molar-refractivity contribution in [1.29, 1.82) is 0 Å². The molecule has 2 aromatic carbocycles. The summed E-state index contributed by atoms with van der Waals surface area (Å²) in [6.45, 7) is 10.7. The number of carbonyl (C=O) groups excluding carboxylic acids is 2. The zero-order chi connectivity index (χ0) is 26.9. The Labute approximate surface area is 216 Å². The number of hydrogen-bond acceptors (Lipinski definition) is 4. The SMILES string of the molecule is Cc1ccc(C)c(N(CCCC(=O)N(CCc2ccccc2)C(C)C(=O)NCC(C)C)S(C)(=O)=O)c1. The van der Waals surface area contributed by atoms with Crippen molar-refractivity contribution in [1.82, 2.24) is 10.2 Å². The lowest BCUT2D eigenvalue weighted by Gasteiger charge is -2.30. The zero-order valence-electron chi connectivity index (χ0n) is 22.5. The molecule has 0 fully saturated rings. The Morgan fingerprint density at radius 3 is 2.25 bits per heavy atom. The maximum absolute atomic E-state index is 13.3. The van der Waals surface area contributed by atoms with Gasteiger partial charge in [-0.3, -0.25) is 13.9 Å². The molecule has 0 radical (unpaired) electrons. The lowest BCUT2D eigenvalue weighted by molar-refractivity contribution is -0.140. The van der Waals surface area contributed by atoms with Crippen LogP contribution in [0.3, 0.4) is 0 Å². The van der Waals surface area contributed by atoms with Crippen LogP contribution in [0.4, 0.5) is 5.69 Å². The van der Waals surface area contributed by atoms with Crippen LogP contribution in [-0.2, 0) is 26.0 Å². The first-order chi connectivity index (χ1) is 16.9. The minimum Gasteiger partial charge on any atom is -0.354 e. The van der Waals surface area contributed by atoms with E-state index in [4.69, 9.17) is 0 Å². The predicted octanol–water partition coefficient (Wildman–Crippen LogP) is 4.08. The number of sulfonamides is 1. The van der Waals surface area contributed by atoms with E-state index in [1.54, 1.807) is 11.8 Å². The molecule has 36 heavy (non-hydrogen) atoms. The first-order valence-electron chi connectivity index (χ1n) is 12.6. The number of aryl methyl sites for hydroxylation is 2. The van der Waals surface area contributed by atoms with Crippen molar-refractivity contribution in [2.24, 2.45) is 5.92 Å². The lowest BCUT2D eigenvalue weighted by atomic mass is 10.1. The number of rotatable bonds is 13. The van der Waals surface area contributed by atoms with Gasteiger partial charge >= 0.3 is 0 Å².